The van der Waals surface area contributed by atoms with Crippen molar-refractivity contribution >= 4 is 33.6 Å². The molecular formula is C23H31BrN4O2S. The highest BCUT2D eigenvalue weighted by atomic mass is 79.9. The van der Waals surface area contributed by atoms with E-state index in [4.69, 9.17) is 4.52 Å². The van der Waals surface area contributed by atoms with Crippen LogP contribution in [-0.2, 0) is 11.3 Å². The molecule has 2 heterocycles. The van der Waals surface area contributed by atoms with Crippen molar-refractivity contribution in [2.75, 3.05) is 25.4 Å². The summed E-state index contributed by atoms with van der Waals surface area (Å²) in [6, 6.07) is 7.87. The molecule has 1 saturated heterocycles. The highest BCUT2D eigenvalue weighted by Crippen LogP contribution is 2.28. The molecule has 0 unspecified atom stereocenters. The minimum atomic E-state index is 0.122. The second-order valence-corrected chi connectivity index (χ2v) is 10.8. The van der Waals surface area contributed by atoms with E-state index in [9.17, 15) is 4.79 Å². The van der Waals surface area contributed by atoms with E-state index in [-0.39, 0.29) is 11.8 Å². The lowest BCUT2D eigenvalue weighted by Crippen LogP contribution is -2.40. The predicted octanol–water partition coefficient (Wildman–Crippen LogP) is 4.89. The Balaban J connectivity index is 1.15. The minimum Gasteiger partial charge on any atom is -0.355 e. The lowest BCUT2D eigenvalue weighted by molar-refractivity contribution is -0.126. The van der Waals surface area contributed by atoms with Crippen LogP contribution in [0.5, 0.6) is 0 Å². The first-order valence-corrected chi connectivity index (χ1v) is 13.2. The zero-order valence-electron chi connectivity index (χ0n) is 17.9. The first-order valence-electron chi connectivity index (χ1n) is 11.4. The van der Waals surface area contributed by atoms with E-state index >= 15 is 0 Å². The molecule has 2 fully saturated rings. The fourth-order valence-corrected chi connectivity index (χ4v) is 5.84. The predicted molar refractivity (Wildman–Crippen MR) is 128 cm³/mol. The highest BCUT2D eigenvalue weighted by Gasteiger charge is 2.26. The van der Waals surface area contributed by atoms with Crippen LogP contribution in [0.15, 0.2) is 33.3 Å². The van der Waals surface area contributed by atoms with Crippen LogP contribution in [0.3, 0.4) is 0 Å². The van der Waals surface area contributed by atoms with Gasteiger partial charge < -0.3 is 9.84 Å². The maximum atomic E-state index is 12.5. The number of piperidine rings is 1. The average molecular weight is 507 g/mol. The molecule has 4 rings (SSSR count). The van der Waals surface area contributed by atoms with Gasteiger partial charge in [0, 0.05) is 33.5 Å². The second kappa shape index (κ2) is 11.5. The molecule has 1 aliphatic heterocycles. The van der Waals surface area contributed by atoms with E-state index in [2.05, 4.69) is 36.3 Å². The number of amides is 1. The van der Waals surface area contributed by atoms with Crippen molar-refractivity contribution < 1.29 is 9.32 Å². The van der Waals surface area contributed by atoms with Crippen molar-refractivity contribution in [1.29, 1.82) is 0 Å². The van der Waals surface area contributed by atoms with Gasteiger partial charge in [-0.25, -0.2) is 0 Å². The van der Waals surface area contributed by atoms with Gasteiger partial charge in [-0.1, -0.05) is 40.3 Å². The van der Waals surface area contributed by atoms with Crippen LogP contribution in [0, 0.1) is 5.92 Å². The quantitative estimate of drug-likeness (QED) is 0.513. The number of aromatic nitrogens is 2. The van der Waals surface area contributed by atoms with Crippen LogP contribution >= 0.6 is 27.7 Å². The van der Waals surface area contributed by atoms with Crippen LogP contribution in [0.1, 0.15) is 50.8 Å². The van der Waals surface area contributed by atoms with Crippen LogP contribution in [-0.4, -0.2) is 51.6 Å². The fraction of sp³-hybridized carbons (Fsp3) is 0.609. The first kappa shape index (κ1) is 22.8. The number of rotatable bonds is 8. The number of halogens is 1. The number of likely N-dealkylation sites (tertiary alicyclic amines) is 1. The Morgan fingerprint density at radius 3 is 2.61 bits per heavy atom. The van der Waals surface area contributed by atoms with Gasteiger partial charge in [0.1, 0.15) is 0 Å². The Morgan fingerprint density at radius 1 is 1.13 bits per heavy atom. The minimum absolute atomic E-state index is 0.122. The molecule has 168 valence electrons. The third-order valence-corrected chi connectivity index (χ3v) is 8.11. The largest absolute Gasteiger partial charge is 0.355 e. The molecule has 0 atom stereocenters. The Morgan fingerprint density at radius 2 is 1.87 bits per heavy atom. The molecule has 1 aromatic heterocycles. The molecular weight excluding hydrogens is 476 g/mol. The zero-order valence-corrected chi connectivity index (χ0v) is 20.3. The number of hydrogen-bond acceptors (Lipinski definition) is 6. The standard InChI is InChI=1S/C23H31BrN4O2S/c24-19-8-6-17(7-9-19)22-26-21(30-27-22)16-28-13-10-18(11-14-28)23(29)25-12-15-31-20-4-2-1-3-5-20/h6-9,18,20H,1-5,10-16H2,(H,25,29). The van der Waals surface area contributed by atoms with Crippen molar-refractivity contribution in [2.24, 2.45) is 5.92 Å². The van der Waals surface area contributed by atoms with Crippen LogP contribution in [0.2, 0.25) is 0 Å². The Hall–Kier alpha value is -1.38. The molecule has 2 aliphatic rings. The van der Waals surface area contributed by atoms with E-state index in [0.29, 0.717) is 18.3 Å². The Bertz CT molecular complexity index is 830. The third-order valence-electron chi connectivity index (χ3n) is 6.19. The number of benzene rings is 1. The van der Waals surface area contributed by atoms with E-state index in [1.165, 1.54) is 32.1 Å². The van der Waals surface area contributed by atoms with Crippen molar-refractivity contribution in [2.45, 2.75) is 56.7 Å². The lowest BCUT2D eigenvalue weighted by atomic mass is 9.96. The highest BCUT2D eigenvalue weighted by molar-refractivity contribution is 9.10. The molecule has 1 aromatic carbocycles. The van der Waals surface area contributed by atoms with Gasteiger partial charge >= 0.3 is 0 Å². The van der Waals surface area contributed by atoms with E-state index in [1.807, 2.05) is 36.0 Å². The second-order valence-electron chi connectivity index (χ2n) is 8.49. The molecule has 0 spiro atoms. The summed E-state index contributed by atoms with van der Waals surface area (Å²) < 4.78 is 6.47. The molecule has 1 aliphatic carbocycles. The van der Waals surface area contributed by atoms with Crippen molar-refractivity contribution in [3.63, 3.8) is 0 Å². The summed E-state index contributed by atoms with van der Waals surface area (Å²) in [7, 11) is 0. The van der Waals surface area contributed by atoms with E-state index in [0.717, 1.165) is 53.5 Å². The first-order chi connectivity index (χ1) is 15.2. The molecule has 0 bridgehead atoms. The molecule has 1 N–H and O–H groups in total. The summed E-state index contributed by atoms with van der Waals surface area (Å²) in [6.45, 7) is 3.19. The summed E-state index contributed by atoms with van der Waals surface area (Å²) >= 11 is 5.48. The summed E-state index contributed by atoms with van der Waals surface area (Å²) in [5.41, 5.74) is 0.940. The fourth-order valence-electron chi connectivity index (χ4n) is 4.36. The third kappa shape index (κ3) is 6.80. The Kier molecular flexibility index (Phi) is 8.44. The SMILES string of the molecule is O=C(NCCSC1CCCCC1)C1CCN(Cc2nc(-c3ccc(Br)cc3)no2)CC1. The van der Waals surface area contributed by atoms with Gasteiger partial charge in [-0.15, -0.1) is 0 Å². The van der Waals surface area contributed by atoms with Crippen molar-refractivity contribution in [1.82, 2.24) is 20.4 Å². The summed E-state index contributed by atoms with van der Waals surface area (Å²) in [5.74, 6) is 2.62. The maximum Gasteiger partial charge on any atom is 0.241 e. The number of carbonyl (C=O) groups excluding carboxylic acids is 1. The van der Waals surface area contributed by atoms with Gasteiger partial charge in [-0.2, -0.15) is 16.7 Å². The monoisotopic (exact) mass is 506 g/mol. The van der Waals surface area contributed by atoms with Crippen molar-refractivity contribution in [3.05, 3.63) is 34.6 Å². The smallest absolute Gasteiger partial charge is 0.241 e. The van der Waals surface area contributed by atoms with Crippen molar-refractivity contribution in [3.8, 4) is 11.4 Å². The molecule has 2 aromatic rings. The van der Waals surface area contributed by atoms with Gasteiger partial charge in [-0.3, -0.25) is 9.69 Å². The number of nitrogens with zero attached hydrogens (tertiary/aromatic N) is 3. The van der Waals surface area contributed by atoms with Gasteiger partial charge in [0.2, 0.25) is 17.6 Å². The number of thioether (sulfide) groups is 1. The lowest BCUT2D eigenvalue weighted by Gasteiger charge is -2.30. The van der Waals surface area contributed by atoms with Gasteiger partial charge in [0.15, 0.2) is 0 Å². The molecule has 1 amide bonds. The van der Waals surface area contributed by atoms with Gasteiger partial charge in [-0.05, 0) is 63.0 Å². The van der Waals surface area contributed by atoms with E-state index in [1.54, 1.807) is 0 Å². The summed E-state index contributed by atoms with van der Waals surface area (Å²) in [5, 5.41) is 8.07. The maximum absolute atomic E-state index is 12.5. The normalized spacial score (nSPS) is 18.9. The molecule has 6 nitrogen and oxygen atoms in total. The molecule has 8 heteroatoms. The molecule has 1 saturated carbocycles. The zero-order chi connectivity index (χ0) is 21.5. The summed E-state index contributed by atoms with van der Waals surface area (Å²) in [4.78, 5) is 19.3. The molecule has 31 heavy (non-hydrogen) atoms. The van der Waals surface area contributed by atoms with Crippen LogP contribution in [0.4, 0.5) is 0 Å². The number of nitrogens with one attached hydrogen (secondary N) is 1. The van der Waals surface area contributed by atoms with Crippen LogP contribution in [0.25, 0.3) is 11.4 Å². The van der Waals surface area contributed by atoms with Gasteiger partial charge in [0.25, 0.3) is 0 Å². The number of hydrogen-bond donors (Lipinski definition) is 1. The van der Waals surface area contributed by atoms with Crippen LogP contribution < -0.4 is 5.32 Å². The van der Waals surface area contributed by atoms with E-state index < -0.39 is 0 Å². The summed E-state index contributed by atoms with van der Waals surface area (Å²) in [6.07, 6.45) is 8.61. The average Bonchev–Trinajstić information content (AvgIpc) is 3.27. The topological polar surface area (TPSA) is 71.3 Å². The Labute approximate surface area is 197 Å². The molecule has 0 radical (unpaired) electrons. The number of carbonyl (C=O) groups is 1. The van der Waals surface area contributed by atoms with Gasteiger partial charge in [0.05, 0.1) is 6.54 Å².